The molecule has 3 aromatic rings. The molecule has 1 aliphatic rings. The number of imidazole rings is 1. The molecule has 1 unspecified atom stereocenters. The highest BCUT2D eigenvalue weighted by Crippen LogP contribution is 2.32. The number of fused-ring (bicyclic) bond motifs is 1. The molecule has 1 N–H and O–H groups in total. The number of aromatic nitrogens is 2. The molecule has 0 fully saturated rings. The van der Waals surface area contributed by atoms with Gasteiger partial charge in [0.05, 0.1) is 0 Å². The summed E-state index contributed by atoms with van der Waals surface area (Å²) in [5.41, 5.74) is 0.0634. The van der Waals surface area contributed by atoms with E-state index >= 15 is 0 Å². The van der Waals surface area contributed by atoms with Crippen LogP contribution >= 0.6 is 0 Å². The van der Waals surface area contributed by atoms with E-state index in [1.54, 1.807) is 62.5 Å². The van der Waals surface area contributed by atoms with Gasteiger partial charge in [-0.05, 0) is 45.0 Å². The van der Waals surface area contributed by atoms with Gasteiger partial charge in [-0.15, -0.1) is 0 Å². The van der Waals surface area contributed by atoms with E-state index in [0.717, 1.165) is 0 Å². The third-order valence-electron chi connectivity index (χ3n) is 4.91. The van der Waals surface area contributed by atoms with Crippen LogP contribution in [0.25, 0.3) is 5.69 Å². The molecule has 4 rings (SSSR count). The van der Waals surface area contributed by atoms with Crippen LogP contribution in [-0.4, -0.2) is 53.8 Å². The largest absolute Gasteiger partial charge is 0.485 e. The van der Waals surface area contributed by atoms with Crippen molar-refractivity contribution in [3.05, 3.63) is 60.3 Å². The number of anilines is 2. The molecule has 1 aromatic heterocycles. The first-order chi connectivity index (χ1) is 16.1. The quantitative estimate of drug-likeness (QED) is 0.576. The molecule has 0 saturated heterocycles. The van der Waals surface area contributed by atoms with Gasteiger partial charge in [-0.25, -0.2) is 4.79 Å². The maximum Gasteiger partial charge on any atom is 0.359 e. The van der Waals surface area contributed by atoms with Gasteiger partial charge in [0.25, 0.3) is 5.91 Å². The zero-order valence-corrected chi connectivity index (χ0v) is 19.9. The van der Waals surface area contributed by atoms with Crippen LogP contribution in [0.2, 0.25) is 0 Å². The van der Waals surface area contributed by atoms with Crippen LogP contribution in [0.1, 0.15) is 31.3 Å². The van der Waals surface area contributed by atoms with E-state index in [1.165, 1.54) is 0 Å². The molecule has 178 valence electrons. The zero-order chi connectivity index (χ0) is 24.5. The molecular weight excluding hydrogens is 436 g/mol. The molecule has 2 heterocycles. The lowest BCUT2D eigenvalue weighted by Crippen LogP contribution is -2.40. The van der Waals surface area contributed by atoms with E-state index in [0.29, 0.717) is 23.1 Å². The molecule has 9 nitrogen and oxygen atoms in total. The SMILES string of the molecule is CN(C)c1nc(NC(=O)C2COc3ccccc3O2)c(C(=O)OC(C)(C)C)n1-c1ccccc1. The Morgan fingerprint density at radius 2 is 1.71 bits per heavy atom. The fraction of sp³-hybridized carbons (Fsp3) is 0.320. The first-order valence-corrected chi connectivity index (χ1v) is 10.9. The molecule has 2 aromatic carbocycles. The average Bonchev–Trinajstić information content (AvgIpc) is 3.18. The van der Waals surface area contributed by atoms with Crippen LogP contribution in [0.15, 0.2) is 54.6 Å². The van der Waals surface area contributed by atoms with Crippen molar-refractivity contribution in [2.75, 3.05) is 30.9 Å². The maximum absolute atomic E-state index is 13.3. The molecule has 0 aliphatic carbocycles. The van der Waals surface area contributed by atoms with Gasteiger partial charge >= 0.3 is 5.97 Å². The molecule has 1 atom stereocenters. The van der Waals surface area contributed by atoms with Gasteiger partial charge in [-0.1, -0.05) is 30.3 Å². The molecule has 1 aliphatic heterocycles. The lowest BCUT2D eigenvalue weighted by Gasteiger charge is -2.25. The third-order valence-corrected chi connectivity index (χ3v) is 4.91. The molecule has 0 spiro atoms. The predicted octanol–water partition coefficient (Wildman–Crippen LogP) is 3.67. The summed E-state index contributed by atoms with van der Waals surface area (Å²) in [6.07, 6.45) is -0.911. The number of nitrogens with one attached hydrogen (secondary N) is 1. The lowest BCUT2D eigenvalue weighted by atomic mass is 10.2. The number of hydrogen-bond acceptors (Lipinski definition) is 7. The van der Waals surface area contributed by atoms with Gasteiger partial charge < -0.3 is 24.4 Å². The maximum atomic E-state index is 13.3. The Labute approximate surface area is 198 Å². The second-order valence-electron chi connectivity index (χ2n) is 9.03. The van der Waals surface area contributed by atoms with Crippen LogP contribution in [0.5, 0.6) is 11.5 Å². The highest BCUT2D eigenvalue weighted by Gasteiger charge is 2.33. The van der Waals surface area contributed by atoms with E-state index < -0.39 is 23.6 Å². The summed E-state index contributed by atoms with van der Waals surface area (Å²) in [6.45, 7) is 5.38. The second kappa shape index (κ2) is 9.09. The van der Waals surface area contributed by atoms with Gasteiger partial charge in [-0.3, -0.25) is 9.36 Å². The number of carbonyl (C=O) groups is 2. The van der Waals surface area contributed by atoms with Crippen molar-refractivity contribution in [3.63, 3.8) is 0 Å². The Morgan fingerprint density at radius 1 is 1.06 bits per heavy atom. The number of benzene rings is 2. The van der Waals surface area contributed by atoms with Crippen molar-refractivity contribution >= 4 is 23.6 Å². The van der Waals surface area contributed by atoms with Crippen LogP contribution < -0.4 is 19.7 Å². The Morgan fingerprint density at radius 3 is 2.35 bits per heavy atom. The number of para-hydroxylation sites is 3. The molecule has 9 heteroatoms. The molecule has 0 bridgehead atoms. The lowest BCUT2D eigenvalue weighted by molar-refractivity contribution is -0.125. The summed E-state index contributed by atoms with van der Waals surface area (Å²) in [5.74, 6) is 0.484. The Hall–Kier alpha value is -4.01. The van der Waals surface area contributed by atoms with Gasteiger partial charge in [-0.2, -0.15) is 4.98 Å². The number of rotatable bonds is 5. The molecule has 0 radical (unpaired) electrons. The van der Waals surface area contributed by atoms with E-state index in [1.807, 2.05) is 36.4 Å². The Kier molecular flexibility index (Phi) is 6.19. The summed E-state index contributed by atoms with van der Waals surface area (Å²) < 4.78 is 18.8. The number of esters is 1. The molecule has 34 heavy (non-hydrogen) atoms. The predicted molar refractivity (Wildman–Crippen MR) is 128 cm³/mol. The van der Waals surface area contributed by atoms with Crippen molar-refractivity contribution in [1.82, 2.24) is 9.55 Å². The van der Waals surface area contributed by atoms with E-state index in [9.17, 15) is 9.59 Å². The number of hydrogen-bond donors (Lipinski definition) is 1. The van der Waals surface area contributed by atoms with Gasteiger partial charge in [0, 0.05) is 19.8 Å². The summed E-state index contributed by atoms with van der Waals surface area (Å²) in [5, 5.41) is 2.76. The molecular formula is C25H28N4O5. The summed E-state index contributed by atoms with van der Waals surface area (Å²) >= 11 is 0. The van der Waals surface area contributed by atoms with Gasteiger partial charge in [0.1, 0.15) is 12.2 Å². The average molecular weight is 465 g/mol. The number of amides is 1. The fourth-order valence-electron chi connectivity index (χ4n) is 3.48. The fourth-order valence-corrected chi connectivity index (χ4v) is 3.48. The minimum Gasteiger partial charge on any atom is -0.485 e. The number of nitrogens with zero attached hydrogens (tertiary/aromatic N) is 3. The number of ether oxygens (including phenoxy) is 3. The zero-order valence-electron chi connectivity index (χ0n) is 19.9. The first kappa shape index (κ1) is 23.2. The summed E-state index contributed by atoms with van der Waals surface area (Å²) in [7, 11) is 3.61. The van der Waals surface area contributed by atoms with Crippen molar-refractivity contribution in [3.8, 4) is 17.2 Å². The molecule has 0 saturated carbocycles. The van der Waals surface area contributed by atoms with Crippen LogP contribution in [0.4, 0.5) is 11.8 Å². The highest BCUT2D eigenvalue weighted by molar-refractivity contribution is 6.02. The first-order valence-electron chi connectivity index (χ1n) is 10.9. The van der Waals surface area contributed by atoms with Crippen molar-refractivity contribution < 1.29 is 23.8 Å². The smallest absolute Gasteiger partial charge is 0.359 e. The minimum absolute atomic E-state index is 0.0323. The third kappa shape index (κ3) is 4.83. The Bertz CT molecular complexity index is 1200. The van der Waals surface area contributed by atoms with Crippen molar-refractivity contribution in [2.24, 2.45) is 0 Å². The Balaban J connectivity index is 1.73. The second-order valence-corrected chi connectivity index (χ2v) is 9.03. The van der Waals surface area contributed by atoms with E-state index in [2.05, 4.69) is 10.3 Å². The van der Waals surface area contributed by atoms with Gasteiger partial charge in [0.2, 0.25) is 12.1 Å². The van der Waals surface area contributed by atoms with Crippen molar-refractivity contribution in [2.45, 2.75) is 32.5 Å². The van der Waals surface area contributed by atoms with Crippen molar-refractivity contribution in [1.29, 1.82) is 0 Å². The van der Waals surface area contributed by atoms with E-state index in [4.69, 9.17) is 14.2 Å². The topological polar surface area (TPSA) is 94.9 Å². The minimum atomic E-state index is -0.911. The summed E-state index contributed by atoms with van der Waals surface area (Å²) in [6, 6.07) is 16.4. The molecule has 1 amide bonds. The van der Waals surface area contributed by atoms with E-state index in [-0.39, 0.29) is 18.1 Å². The standard InChI is InChI=1S/C25H28N4O5/c1-25(2,3)34-23(31)20-21(27-24(28(4)5)29(20)16-11-7-6-8-12-16)26-22(30)19-15-32-17-13-9-10-14-18(17)33-19/h6-14,19H,15H2,1-5H3,(H,26,30). The monoisotopic (exact) mass is 464 g/mol. The van der Waals surface area contributed by atoms with Crippen LogP contribution in [-0.2, 0) is 9.53 Å². The normalized spacial score (nSPS) is 14.9. The summed E-state index contributed by atoms with van der Waals surface area (Å²) in [4.78, 5) is 32.8. The van der Waals surface area contributed by atoms with Crippen LogP contribution in [0.3, 0.4) is 0 Å². The number of carbonyl (C=O) groups excluding carboxylic acids is 2. The van der Waals surface area contributed by atoms with Crippen LogP contribution in [0, 0.1) is 0 Å². The highest BCUT2D eigenvalue weighted by atomic mass is 16.6. The van der Waals surface area contributed by atoms with Gasteiger partial charge in [0.15, 0.2) is 23.0 Å².